The summed E-state index contributed by atoms with van der Waals surface area (Å²) in [5.74, 6) is -1.17. The maximum Gasteiger partial charge on any atom is 0.261 e. The molecule has 282 valence electrons. The number of likely N-dealkylation sites (tertiary alicyclic amines) is 1. The van der Waals surface area contributed by atoms with Gasteiger partial charge in [0.1, 0.15) is 17.1 Å². The van der Waals surface area contributed by atoms with Crippen LogP contribution in [0.25, 0.3) is 5.65 Å². The van der Waals surface area contributed by atoms with E-state index in [1.807, 2.05) is 24.8 Å². The van der Waals surface area contributed by atoms with Crippen LogP contribution in [-0.2, 0) is 16.1 Å². The SMILES string of the molecule is CC(C)Oc1cc2c(cc1NC(=O)c1cnn3cccnc13)CN(C1CCN(CC3CCN(c4ccc(F)c(C5CCC(=O)NC5=O)c4)CC3)CC1)C2=O. The number of nitrogens with one attached hydrogen (secondary N) is 2. The Kier molecular flexibility index (Phi) is 9.78. The van der Waals surface area contributed by atoms with E-state index >= 15 is 0 Å². The smallest absolute Gasteiger partial charge is 0.261 e. The molecular formula is C40H45FN8O5. The van der Waals surface area contributed by atoms with Crippen molar-refractivity contribution in [2.24, 2.45) is 5.92 Å². The highest BCUT2D eigenvalue weighted by Crippen LogP contribution is 2.37. The monoisotopic (exact) mass is 736 g/mol. The second-order valence-electron chi connectivity index (χ2n) is 15.2. The summed E-state index contributed by atoms with van der Waals surface area (Å²) in [4.78, 5) is 62.3. The minimum absolute atomic E-state index is 0.00399. The van der Waals surface area contributed by atoms with Crippen LogP contribution in [0.2, 0.25) is 0 Å². The first kappa shape index (κ1) is 35.6. The number of hydrogen-bond donors (Lipinski definition) is 2. The first-order chi connectivity index (χ1) is 26.1. The van der Waals surface area contributed by atoms with Gasteiger partial charge in [-0.1, -0.05) is 0 Å². The highest BCUT2D eigenvalue weighted by Gasteiger charge is 2.37. The van der Waals surface area contributed by atoms with E-state index in [4.69, 9.17) is 4.74 Å². The predicted octanol–water partition coefficient (Wildman–Crippen LogP) is 4.76. The number of anilines is 2. The number of fused-ring (bicyclic) bond motifs is 2. The van der Waals surface area contributed by atoms with Crippen molar-refractivity contribution in [1.82, 2.24) is 29.7 Å². The van der Waals surface area contributed by atoms with Crippen LogP contribution in [0.15, 0.2) is 55.0 Å². The Morgan fingerprint density at radius 3 is 2.59 bits per heavy atom. The van der Waals surface area contributed by atoms with Crippen molar-refractivity contribution in [1.29, 1.82) is 0 Å². The van der Waals surface area contributed by atoms with E-state index in [-0.39, 0.29) is 36.3 Å². The third kappa shape index (κ3) is 7.14. The summed E-state index contributed by atoms with van der Waals surface area (Å²) in [6.45, 7) is 8.82. The van der Waals surface area contributed by atoms with Gasteiger partial charge in [0.15, 0.2) is 5.65 Å². The van der Waals surface area contributed by atoms with Crippen molar-refractivity contribution < 1.29 is 28.3 Å². The van der Waals surface area contributed by atoms with Gasteiger partial charge in [0.05, 0.1) is 23.9 Å². The van der Waals surface area contributed by atoms with E-state index < -0.39 is 17.6 Å². The molecule has 0 bridgehead atoms. The van der Waals surface area contributed by atoms with E-state index in [0.717, 1.165) is 69.7 Å². The van der Waals surface area contributed by atoms with E-state index in [2.05, 4.69) is 30.5 Å². The molecule has 8 rings (SSSR count). The summed E-state index contributed by atoms with van der Waals surface area (Å²) >= 11 is 0. The van der Waals surface area contributed by atoms with E-state index in [9.17, 15) is 23.6 Å². The number of piperidine rings is 3. The predicted molar refractivity (Wildman–Crippen MR) is 199 cm³/mol. The first-order valence-corrected chi connectivity index (χ1v) is 19.0. The second kappa shape index (κ2) is 14.8. The number of aromatic nitrogens is 3. The zero-order valence-electron chi connectivity index (χ0n) is 30.6. The van der Waals surface area contributed by atoms with Gasteiger partial charge >= 0.3 is 0 Å². The number of halogens is 1. The van der Waals surface area contributed by atoms with Crippen LogP contribution in [0.1, 0.15) is 90.1 Å². The van der Waals surface area contributed by atoms with Crippen LogP contribution in [0.4, 0.5) is 15.8 Å². The molecule has 6 heterocycles. The average molecular weight is 737 g/mol. The Morgan fingerprint density at radius 1 is 1.04 bits per heavy atom. The summed E-state index contributed by atoms with van der Waals surface area (Å²) in [7, 11) is 0. The number of nitrogens with zero attached hydrogens (tertiary/aromatic N) is 6. The second-order valence-corrected chi connectivity index (χ2v) is 15.2. The van der Waals surface area contributed by atoms with Gasteiger partial charge in [0.2, 0.25) is 11.8 Å². The van der Waals surface area contributed by atoms with Gasteiger partial charge < -0.3 is 24.8 Å². The Morgan fingerprint density at radius 2 is 1.83 bits per heavy atom. The lowest BCUT2D eigenvalue weighted by molar-refractivity contribution is -0.134. The highest BCUT2D eigenvalue weighted by molar-refractivity contribution is 6.09. The number of amides is 4. The summed E-state index contributed by atoms with van der Waals surface area (Å²) < 4.78 is 22.4. The lowest BCUT2D eigenvalue weighted by Crippen LogP contribution is -2.47. The van der Waals surface area contributed by atoms with E-state index in [1.165, 1.54) is 12.3 Å². The minimum atomic E-state index is -0.650. The Labute approximate surface area is 312 Å². The van der Waals surface area contributed by atoms with Crippen molar-refractivity contribution >= 4 is 40.7 Å². The number of hydrogen-bond acceptors (Lipinski definition) is 9. The number of ether oxygens (including phenoxy) is 1. The molecule has 14 heteroatoms. The molecule has 4 aliphatic heterocycles. The maximum absolute atomic E-state index is 14.8. The molecular weight excluding hydrogens is 691 g/mol. The Balaban J connectivity index is 0.858. The zero-order chi connectivity index (χ0) is 37.5. The Bertz CT molecular complexity index is 2100. The fraction of sp³-hybridized carbons (Fsp3) is 0.450. The third-order valence-corrected chi connectivity index (χ3v) is 11.3. The number of carbonyl (C=O) groups excluding carboxylic acids is 4. The molecule has 2 aromatic heterocycles. The van der Waals surface area contributed by atoms with Gasteiger partial charge in [-0.3, -0.25) is 24.5 Å². The van der Waals surface area contributed by atoms with E-state index in [0.29, 0.717) is 52.7 Å². The zero-order valence-corrected chi connectivity index (χ0v) is 30.6. The highest BCUT2D eigenvalue weighted by atomic mass is 19.1. The maximum atomic E-state index is 14.8. The lowest BCUT2D eigenvalue weighted by atomic mass is 9.89. The molecule has 4 aromatic rings. The molecule has 0 radical (unpaired) electrons. The van der Waals surface area contributed by atoms with Crippen molar-refractivity contribution in [3.8, 4) is 5.75 Å². The summed E-state index contributed by atoms with van der Waals surface area (Å²) in [6.07, 6.45) is 9.01. The fourth-order valence-electron chi connectivity index (χ4n) is 8.42. The van der Waals surface area contributed by atoms with Crippen LogP contribution in [0, 0.1) is 11.7 Å². The van der Waals surface area contributed by atoms with Crippen molar-refractivity contribution in [3.63, 3.8) is 0 Å². The van der Waals surface area contributed by atoms with Crippen molar-refractivity contribution in [2.75, 3.05) is 42.9 Å². The summed E-state index contributed by atoms with van der Waals surface area (Å²) in [5, 5.41) is 9.57. The summed E-state index contributed by atoms with van der Waals surface area (Å²) in [5.41, 5.74) is 4.05. The van der Waals surface area contributed by atoms with Crippen molar-refractivity contribution in [2.45, 2.75) is 77.0 Å². The van der Waals surface area contributed by atoms with E-state index in [1.54, 1.807) is 41.2 Å². The van der Waals surface area contributed by atoms with Crippen LogP contribution in [0.5, 0.6) is 5.75 Å². The quantitative estimate of drug-likeness (QED) is 0.233. The lowest BCUT2D eigenvalue weighted by Gasteiger charge is -2.40. The van der Waals surface area contributed by atoms with Crippen molar-refractivity contribution in [3.05, 3.63) is 83.1 Å². The van der Waals surface area contributed by atoms with Gasteiger partial charge in [-0.25, -0.2) is 13.9 Å². The topological polar surface area (TPSA) is 141 Å². The summed E-state index contributed by atoms with van der Waals surface area (Å²) in [6, 6.07) is 10.5. The molecule has 3 saturated heterocycles. The van der Waals surface area contributed by atoms with Crippen LogP contribution < -0.4 is 20.3 Å². The molecule has 4 aliphatic rings. The molecule has 3 fully saturated rings. The number of carbonyl (C=O) groups is 4. The van der Waals surface area contributed by atoms with Gasteiger partial charge in [0.25, 0.3) is 11.8 Å². The van der Waals surface area contributed by atoms with Gasteiger partial charge in [0, 0.05) is 80.9 Å². The molecule has 0 aliphatic carbocycles. The third-order valence-electron chi connectivity index (χ3n) is 11.3. The van der Waals surface area contributed by atoms with Gasteiger partial charge in [-0.05, 0) is 93.8 Å². The normalized spacial score (nSPS) is 20.1. The largest absolute Gasteiger partial charge is 0.489 e. The molecule has 0 spiro atoms. The number of rotatable bonds is 9. The Hall–Kier alpha value is -5.37. The minimum Gasteiger partial charge on any atom is -0.489 e. The molecule has 54 heavy (non-hydrogen) atoms. The molecule has 2 aromatic carbocycles. The molecule has 1 unspecified atom stereocenters. The van der Waals surface area contributed by atoms with Gasteiger partial charge in [-0.15, -0.1) is 0 Å². The van der Waals surface area contributed by atoms with Crippen LogP contribution >= 0.6 is 0 Å². The molecule has 13 nitrogen and oxygen atoms in total. The molecule has 4 amide bonds. The van der Waals surface area contributed by atoms with Crippen LogP contribution in [-0.4, -0.2) is 92.9 Å². The standard InChI is InChI=1S/C40H45FN8O5/c1-24(2)54-35-20-30-26(18-34(35)44-39(52)32-21-43-49-13-3-12-42-37(32)49)23-48(40(30)53)27-10-14-46(15-11-27)22-25-8-16-47(17-9-25)28-4-6-33(41)31(19-28)29-5-7-36(50)45-38(29)51/h3-4,6,12-13,18-21,24-25,27,29H,5,7-11,14-17,22-23H2,1-2H3,(H,44,52)(H,45,50,51). The average Bonchev–Trinajstić information content (AvgIpc) is 3.73. The van der Waals surface area contributed by atoms with Gasteiger partial charge in [-0.2, -0.15) is 5.10 Å². The molecule has 2 N–H and O–H groups in total. The molecule has 0 saturated carbocycles. The number of benzene rings is 2. The number of imide groups is 1. The first-order valence-electron chi connectivity index (χ1n) is 19.0. The molecule has 1 atom stereocenters. The fourth-order valence-corrected chi connectivity index (χ4v) is 8.42. The van der Waals surface area contributed by atoms with Crippen LogP contribution in [0.3, 0.4) is 0 Å².